The van der Waals surface area contributed by atoms with Crippen LogP contribution in [-0.2, 0) is 99.8 Å². The summed E-state index contributed by atoms with van der Waals surface area (Å²) in [4.78, 5) is 64.6. The van der Waals surface area contributed by atoms with Crippen molar-refractivity contribution in [2.24, 2.45) is 5.73 Å². The van der Waals surface area contributed by atoms with Gasteiger partial charge in [-0.15, -0.1) is 0 Å². The zero-order valence-electron chi connectivity index (χ0n) is 44.6. The molecule has 0 aromatic rings. The first kappa shape index (κ1) is 60.3. The normalized spacial score (nSPS) is 38.6. The van der Waals surface area contributed by atoms with Gasteiger partial charge in [-0.1, -0.05) is 0 Å². The molecule has 0 aromatic heterocycles. The fourth-order valence-electron chi connectivity index (χ4n) is 11.0. The number of alkyl halides is 3. The van der Waals surface area contributed by atoms with Crippen molar-refractivity contribution in [3.8, 4) is 0 Å². The molecule has 8 heterocycles. The smallest absolute Gasteiger partial charge is 0.475 e. The molecule has 3 amide bonds. The minimum absolute atomic E-state index is 0.114. The third kappa shape index (κ3) is 13.6. The molecule has 0 bridgehead atoms. The molecule has 8 aliphatic rings. The molecule has 0 aliphatic carbocycles. The number of fused-ring (bicyclic) bond motifs is 4. The van der Waals surface area contributed by atoms with Gasteiger partial charge in [0.05, 0.1) is 18.1 Å². The third-order valence-corrected chi connectivity index (χ3v) is 13.8. The van der Waals surface area contributed by atoms with Gasteiger partial charge in [0.1, 0.15) is 79.0 Å². The first-order valence-corrected chi connectivity index (χ1v) is 24.9. The van der Waals surface area contributed by atoms with E-state index in [0.717, 1.165) is 0 Å². The molecule has 76 heavy (non-hydrogen) atoms. The van der Waals surface area contributed by atoms with Crippen LogP contribution >= 0.6 is 0 Å². The zero-order chi connectivity index (χ0) is 56.2. The minimum Gasteiger partial charge on any atom is -0.475 e. The summed E-state index contributed by atoms with van der Waals surface area (Å²) in [5.74, 6) is -8.57. The Morgan fingerprint density at radius 3 is 1.00 bits per heavy atom. The SMILES string of the molecule is CO[C@@H]1[C@H]2OC(C)(C)O[C@H]2O[C@@H]1C(CC(C)=O)NC(=O)CC(NC(=O)CC(NC(=O)CC(N)[C@@H]1O[C@@H]2OC(C)(C)O[C@@H]2[C@H]1OC)[C@H]1O[C@@H]2OC(C)(C)O[C@@H]2[C@H]1OC)[C@@H]1O[C@@H]2OC(C)(C)O[C@@H]2[C@H]1OC.O=C(O)C(F)(F)F. The molecule has 0 spiro atoms. The van der Waals surface area contributed by atoms with Gasteiger partial charge in [-0.25, -0.2) is 4.79 Å². The molecule has 8 aliphatic heterocycles. The molecule has 20 atom stereocenters. The maximum absolute atomic E-state index is 14.6. The molecule has 29 heteroatoms. The summed E-state index contributed by atoms with van der Waals surface area (Å²) in [5, 5.41) is 16.0. The Morgan fingerprint density at radius 1 is 0.487 bits per heavy atom. The lowest BCUT2D eigenvalue weighted by Crippen LogP contribution is -2.57. The number of aliphatic carboxylic acids is 1. The summed E-state index contributed by atoms with van der Waals surface area (Å²) in [7, 11) is 5.92. The Labute approximate surface area is 436 Å². The van der Waals surface area contributed by atoms with Gasteiger partial charge in [0.25, 0.3) is 0 Å². The molecule has 8 fully saturated rings. The summed E-state index contributed by atoms with van der Waals surface area (Å²) < 4.78 is 129. The maximum Gasteiger partial charge on any atom is 0.490 e. The first-order valence-electron chi connectivity index (χ1n) is 24.9. The molecule has 6 N–H and O–H groups in total. The quantitative estimate of drug-likeness (QED) is 0.115. The van der Waals surface area contributed by atoms with Crippen molar-refractivity contribution in [3.05, 3.63) is 0 Å². The minimum atomic E-state index is -5.08. The van der Waals surface area contributed by atoms with Crippen LogP contribution in [0.1, 0.15) is 88.0 Å². The van der Waals surface area contributed by atoms with Crippen LogP contribution in [0.5, 0.6) is 0 Å². The highest BCUT2D eigenvalue weighted by Crippen LogP contribution is 2.44. The van der Waals surface area contributed by atoms with E-state index in [-0.39, 0.29) is 25.0 Å². The Morgan fingerprint density at radius 2 is 0.737 bits per heavy atom. The molecule has 8 saturated heterocycles. The van der Waals surface area contributed by atoms with Crippen molar-refractivity contribution >= 4 is 29.5 Å². The Balaban J connectivity index is 0.00000112. The van der Waals surface area contributed by atoms with Gasteiger partial charge < -0.3 is 103 Å². The number of carboxylic acids is 1. The predicted molar refractivity (Wildman–Crippen MR) is 245 cm³/mol. The van der Waals surface area contributed by atoms with Gasteiger partial charge in [0.2, 0.25) is 17.7 Å². The summed E-state index contributed by atoms with van der Waals surface area (Å²) >= 11 is 0. The van der Waals surface area contributed by atoms with Crippen LogP contribution in [-0.4, -0.2) is 215 Å². The van der Waals surface area contributed by atoms with E-state index in [9.17, 15) is 32.3 Å². The highest BCUT2D eigenvalue weighted by Gasteiger charge is 2.61. The molecule has 0 radical (unpaired) electrons. The predicted octanol–water partition coefficient (Wildman–Crippen LogP) is 0.116. The van der Waals surface area contributed by atoms with Gasteiger partial charge in [0, 0.05) is 60.2 Å². The largest absolute Gasteiger partial charge is 0.490 e. The molecule has 0 aromatic carbocycles. The van der Waals surface area contributed by atoms with Crippen LogP contribution in [0.15, 0.2) is 0 Å². The van der Waals surface area contributed by atoms with Crippen molar-refractivity contribution < 1.29 is 118 Å². The average Bonchev–Trinajstić information content (AvgIpc) is 4.16. The maximum atomic E-state index is 14.6. The highest BCUT2D eigenvalue weighted by atomic mass is 19.4. The second-order valence-corrected chi connectivity index (χ2v) is 21.6. The van der Waals surface area contributed by atoms with Gasteiger partial charge in [-0.3, -0.25) is 19.2 Å². The second-order valence-electron chi connectivity index (χ2n) is 21.6. The number of nitrogens with one attached hydrogen (secondary N) is 3. The number of rotatable bonds is 19. The molecular weight excluding hydrogens is 1030 g/mol. The van der Waals surface area contributed by atoms with Gasteiger partial charge in [0.15, 0.2) is 48.3 Å². The van der Waals surface area contributed by atoms with E-state index in [1.165, 1.54) is 35.4 Å². The fraction of sp³-hybridized carbons (Fsp3) is 0.894. The number of ether oxygens (including phenoxy) is 16. The summed E-state index contributed by atoms with van der Waals surface area (Å²) in [6.45, 7) is 15.4. The van der Waals surface area contributed by atoms with Gasteiger partial charge >= 0.3 is 12.1 Å². The van der Waals surface area contributed by atoms with Crippen LogP contribution in [0.2, 0.25) is 0 Å². The average molecular weight is 1100 g/mol. The van der Waals surface area contributed by atoms with E-state index in [1.807, 2.05) is 0 Å². The van der Waals surface area contributed by atoms with Crippen molar-refractivity contribution in [2.75, 3.05) is 28.4 Å². The molecule has 26 nitrogen and oxygen atoms in total. The molecule has 8 rings (SSSR count). The highest BCUT2D eigenvalue weighted by molar-refractivity contribution is 5.83. The van der Waals surface area contributed by atoms with Crippen molar-refractivity contribution in [3.63, 3.8) is 0 Å². The van der Waals surface area contributed by atoms with Crippen molar-refractivity contribution in [1.82, 2.24) is 16.0 Å². The van der Waals surface area contributed by atoms with Crippen molar-refractivity contribution in [1.29, 1.82) is 0 Å². The summed E-state index contributed by atoms with van der Waals surface area (Å²) in [5.41, 5.74) is 6.64. The van der Waals surface area contributed by atoms with Gasteiger partial charge in [-0.05, 0) is 62.3 Å². The lowest BCUT2D eigenvalue weighted by Gasteiger charge is -2.34. The number of methoxy groups -OCH3 is 4. The van der Waals surface area contributed by atoms with E-state index < -0.39 is 182 Å². The molecule has 4 unspecified atom stereocenters. The standard InChI is InChI=1S/C45H72N4O20.C2HF3O2/c1-18(50)14-20(27-31(55-11)35-39(59-27)67-43(4,5)63-35)47-24(52)17-22(29-33(57-13)37-41(61-29)69-45(8,9)65-37)49-25(53)16-21(28-32(56-12)36-40(60-28)68-44(6,7)64-36)48-23(51)15-19(46)26-30(54-10)34-38(58-26)66-42(2,3)62-34;3-2(4,5)1(6)7/h19-22,26-41H,14-17,46H2,1-13H3,(H,47,52)(H,48,51)(H,49,53);(H,6,7)/t19?,20?,21?,22?,26-,27+,28+,29-,30-,31-,32-,33-,34+,35+,36+,37+,38+,39+,40+,41+;/m0./s1. The lowest BCUT2D eigenvalue weighted by molar-refractivity contribution is -0.220. The van der Waals surface area contributed by atoms with E-state index in [4.69, 9.17) is 91.4 Å². The van der Waals surface area contributed by atoms with E-state index in [2.05, 4.69) is 16.0 Å². The van der Waals surface area contributed by atoms with Crippen LogP contribution in [0.25, 0.3) is 0 Å². The number of nitrogens with two attached hydrogens (primary N) is 1. The third-order valence-electron chi connectivity index (χ3n) is 13.8. The van der Waals surface area contributed by atoms with Crippen LogP contribution < -0.4 is 21.7 Å². The molecule has 0 saturated carbocycles. The second kappa shape index (κ2) is 23.0. The number of carboxylic acid groups (broad SMARTS) is 1. The summed E-state index contributed by atoms with van der Waals surface area (Å²) in [6.07, 6.45) is -18.8. The number of carbonyl (C=O) groups is 5. The summed E-state index contributed by atoms with van der Waals surface area (Å²) in [6, 6.07) is -3.96. The topological polar surface area (TPSA) is 315 Å². The number of ketones is 1. The van der Waals surface area contributed by atoms with E-state index in [1.54, 1.807) is 55.4 Å². The van der Waals surface area contributed by atoms with Gasteiger partial charge in [-0.2, -0.15) is 13.2 Å². The fourth-order valence-corrected chi connectivity index (χ4v) is 11.0. The van der Waals surface area contributed by atoms with Crippen molar-refractivity contribution in [2.45, 2.75) is 240 Å². The van der Waals surface area contributed by atoms with E-state index in [0.29, 0.717) is 0 Å². The first-order chi connectivity index (χ1) is 35.3. The Kier molecular flexibility index (Phi) is 18.3. The van der Waals surface area contributed by atoms with Crippen LogP contribution in [0, 0.1) is 0 Å². The number of amides is 3. The number of halogens is 3. The number of hydrogen-bond donors (Lipinski definition) is 5. The molecule has 434 valence electrons. The lowest BCUT2D eigenvalue weighted by atomic mass is 9.96. The number of hydrogen-bond acceptors (Lipinski definition) is 22. The Hall–Kier alpha value is -3.34. The van der Waals surface area contributed by atoms with Crippen LogP contribution in [0.4, 0.5) is 13.2 Å². The molecular formula is C47H73F3N4O22. The Bertz CT molecular complexity index is 2110. The number of Topliss-reactive ketones (excluding diaryl/α,β-unsaturated/α-hetero) is 1. The van der Waals surface area contributed by atoms with Crippen LogP contribution in [0.3, 0.4) is 0 Å². The zero-order valence-corrected chi connectivity index (χ0v) is 44.6. The monoisotopic (exact) mass is 1100 g/mol. The number of carbonyl (C=O) groups excluding carboxylic acids is 4. The van der Waals surface area contributed by atoms with E-state index >= 15 is 0 Å².